The maximum atomic E-state index is 12.8. The average molecular weight is 416 g/mol. The molecule has 6 nitrogen and oxygen atoms in total. The number of amides is 1. The molecule has 0 radical (unpaired) electrons. The van der Waals surface area contributed by atoms with E-state index in [1.807, 2.05) is 55.5 Å². The van der Waals surface area contributed by atoms with Gasteiger partial charge in [-0.05, 0) is 54.8 Å². The Hall–Kier alpha value is -3.19. The summed E-state index contributed by atoms with van der Waals surface area (Å²) < 4.78 is 2.17. The predicted octanol–water partition coefficient (Wildman–Crippen LogP) is 4.95. The van der Waals surface area contributed by atoms with Gasteiger partial charge >= 0.3 is 0 Å². The van der Waals surface area contributed by atoms with Crippen LogP contribution in [-0.4, -0.2) is 30.9 Å². The van der Waals surface area contributed by atoms with Crippen LogP contribution in [-0.2, 0) is 4.79 Å². The van der Waals surface area contributed by atoms with Crippen LogP contribution in [0.15, 0.2) is 72.1 Å². The number of pyridine rings is 1. The molecule has 0 bridgehead atoms. The Morgan fingerprint density at radius 2 is 1.83 bits per heavy atom. The number of hydrogen-bond donors (Lipinski definition) is 1. The molecule has 1 amide bonds. The van der Waals surface area contributed by atoms with Crippen LogP contribution >= 0.6 is 11.8 Å². The molecule has 30 heavy (non-hydrogen) atoms. The molecule has 1 fully saturated rings. The third-order valence-corrected chi connectivity index (χ3v) is 6.24. The molecule has 2 aromatic carbocycles. The quantitative estimate of drug-likeness (QED) is 0.451. The standard InChI is InChI=1S/C23H21N5OS/c1-15(22(29)25-19-7-6-16-4-2-3-5-18(16)14-19)30-23-27-26-21(28(23)20-8-9-20)17-10-12-24-13-11-17/h2-7,10-15,20H,8-9H2,1H3,(H,25,29)/t15-/m0/s1. The number of aromatic nitrogens is 4. The molecule has 0 aliphatic heterocycles. The zero-order chi connectivity index (χ0) is 20.5. The average Bonchev–Trinajstić information content (AvgIpc) is 3.54. The van der Waals surface area contributed by atoms with Crippen molar-refractivity contribution in [3.8, 4) is 11.4 Å². The van der Waals surface area contributed by atoms with Gasteiger partial charge in [-0.25, -0.2) is 0 Å². The van der Waals surface area contributed by atoms with Crippen molar-refractivity contribution in [2.75, 3.05) is 5.32 Å². The van der Waals surface area contributed by atoms with Gasteiger partial charge in [0, 0.05) is 29.7 Å². The van der Waals surface area contributed by atoms with E-state index < -0.39 is 0 Å². The van der Waals surface area contributed by atoms with Gasteiger partial charge in [-0.1, -0.05) is 42.1 Å². The fourth-order valence-corrected chi connectivity index (χ4v) is 4.36. The molecular weight excluding hydrogens is 394 g/mol. The van der Waals surface area contributed by atoms with Crippen molar-refractivity contribution in [1.82, 2.24) is 19.7 Å². The molecule has 0 unspecified atom stereocenters. The second kappa shape index (κ2) is 7.91. The van der Waals surface area contributed by atoms with Gasteiger partial charge < -0.3 is 5.32 Å². The Balaban J connectivity index is 1.34. The van der Waals surface area contributed by atoms with Crippen LogP contribution < -0.4 is 5.32 Å². The minimum Gasteiger partial charge on any atom is -0.325 e. The lowest BCUT2D eigenvalue weighted by atomic mass is 10.1. The Morgan fingerprint density at radius 3 is 2.60 bits per heavy atom. The number of hydrogen-bond acceptors (Lipinski definition) is 5. The monoisotopic (exact) mass is 415 g/mol. The van der Waals surface area contributed by atoms with Crippen molar-refractivity contribution >= 4 is 34.1 Å². The number of fused-ring (bicyclic) bond motifs is 1. The predicted molar refractivity (Wildman–Crippen MR) is 119 cm³/mol. The van der Waals surface area contributed by atoms with E-state index in [0.717, 1.165) is 45.8 Å². The second-order valence-electron chi connectivity index (χ2n) is 7.45. The number of benzene rings is 2. The van der Waals surface area contributed by atoms with Crippen molar-refractivity contribution in [1.29, 1.82) is 0 Å². The van der Waals surface area contributed by atoms with Gasteiger partial charge in [0.1, 0.15) is 0 Å². The molecule has 1 aliphatic rings. The molecule has 1 N–H and O–H groups in total. The zero-order valence-corrected chi connectivity index (χ0v) is 17.3. The van der Waals surface area contributed by atoms with Gasteiger partial charge in [-0.15, -0.1) is 10.2 Å². The molecular formula is C23H21N5OS. The van der Waals surface area contributed by atoms with Crippen molar-refractivity contribution in [2.24, 2.45) is 0 Å². The number of carbonyl (C=O) groups is 1. The van der Waals surface area contributed by atoms with E-state index in [1.165, 1.54) is 11.8 Å². The molecule has 2 heterocycles. The lowest BCUT2D eigenvalue weighted by Crippen LogP contribution is -2.23. The van der Waals surface area contributed by atoms with E-state index in [4.69, 9.17) is 0 Å². The van der Waals surface area contributed by atoms with Crippen molar-refractivity contribution in [3.05, 3.63) is 67.0 Å². The summed E-state index contributed by atoms with van der Waals surface area (Å²) in [6.45, 7) is 1.90. The minimum atomic E-state index is -0.302. The van der Waals surface area contributed by atoms with Gasteiger partial charge in [-0.3, -0.25) is 14.3 Å². The molecule has 1 saturated carbocycles. The fraction of sp³-hybridized carbons (Fsp3) is 0.217. The summed E-state index contributed by atoms with van der Waals surface area (Å²) in [4.78, 5) is 16.9. The fourth-order valence-electron chi connectivity index (χ4n) is 3.44. The first kappa shape index (κ1) is 18.8. The number of carbonyl (C=O) groups excluding carboxylic acids is 1. The second-order valence-corrected chi connectivity index (χ2v) is 8.76. The van der Waals surface area contributed by atoms with Crippen LogP contribution in [0.5, 0.6) is 0 Å². The number of nitrogens with zero attached hydrogens (tertiary/aromatic N) is 4. The van der Waals surface area contributed by atoms with Gasteiger partial charge in [-0.2, -0.15) is 0 Å². The molecule has 150 valence electrons. The van der Waals surface area contributed by atoms with Gasteiger partial charge in [0.05, 0.1) is 5.25 Å². The summed E-state index contributed by atoms with van der Waals surface area (Å²) in [5.41, 5.74) is 1.79. The summed E-state index contributed by atoms with van der Waals surface area (Å²) in [6.07, 6.45) is 5.74. The molecule has 4 aromatic rings. The highest BCUT2D eigenvalue weighted by molar-refractivity contribution is 8.00. The van der Waals surface area contributed by atoms with Crippen molar-refractivity contribution in [3.63, 3.8) is 0 Å². The lowest BCUT2D eigenvalue weighted by molar-refractivity contribution is -0.115. The number of anilines is 1. The van der Waals surface area contributed by atoms with Gasteiger partial charge in [0.25, 0.3) is 0 Å². The third-order valence-electron chi connectivity index (χ3n) is 5.18. The van der Waals surface area contributed by atoms with E-state index in [9.17, 15) is 4.79 Å². The van der Waals surface area contributed by atoms with Crippen molar-refractivity contribution < 1.29 is 4.79 Å². The van der Waals surface area contributed by atoms with E-state index in [0.29, 0.717) is 6.04 Å². The van der Waals surface area contributed by atoms with E-state index in [2.05, 4.69) is 31.1 Å². The minimum absolute atomic E-state index is 0.0499. The van der Waals surface area contributed by atoms with E-state index in [1.54, 1.807) is 12.4 Å². The third kappa shape index (κ3) is 3.80. The Kier molecular flexibility index (Phi) is 4.96. The summed E-state index contributed by atoms with van der Waals surface area (Å²) in [7, 11) is 0. The molecule has 2 aromatic heterocycles. The van der Waals surface area contributed by atoms with E-state index >= 15 is 0 Å². The molecule has 0 saturated heterocycles. The summed E-state index contributed by atoms with van der Waals surface area (Å²) in [6, 6.07) is 18.3. The first-order chi connectivity index (χ1) is 14.7. The molecule has 5 rings (SSSR count). The molecule has 7 heteroatoms. The lowest BCUT2D eigenvalue weighted by Gasteiger charge is -2.14. The highest BCUT2D eigenvalue weighted by atomic mass is 32.2. The largest absolute Gasteiger partial charge is 0.325 e. The van der Waals surface area contributed by atoms with Crippen LogP contribution in [0.25, 0.3) is 22.2 Å². The first-order valence-corrected chi connectivity index (χ1v) is 10.9. The van der Waals surface area contributed by atoms with Crippen LogP contribution in [0.4, 0.5) is 5.69 Å². The highest BCUT2D eigenvalue weighted by Crippen LogP contribution is 2.41. The van der Waals surface area contributed by atoms with E-state index in [-0.39, 0.29) is 11.2 Å². The maximum Gasteiger partial charge on any atom is 0.237 e. The highest BCUT2D eigenvalue weighted by Gasteiger charge is 2.31. The Labute approximate surface area is 178 Å². The molecule has 1 atom stereocenters. The molecule has 1 aliphatic carbocycles. The smallest absolute Gasteiger partial charge is 0.237 e. The zero-order valence-electron chi connectivity index (χ0n) is 16.5. The number of thioether (sulfide) groups is 1. The normalized spacial score (nSPS) is 14.6. The maximum absolute atomic E-state index is 12.8. The number of nitrogens with one attached hydrogen (secondary N) is 1. The molecule has 0 spiro atoms. The Bertz CT molecular complexity index is 1200. The van der Waals surface area contributed by atoms with Crippen LogP contribution in [0.3, 0.4) is 0 Å². The topological polar surface area (TPSA) is 72.7 Å². The Morgan fingerprint density at radius 1 is 1.07 bits per heavy atom. The summed E-state index contributed by atoms with van der Waals surface area (Å²) in [5.74, 6) is 0.788. The number of rotatable bonds is 6. The van der Waals surface area contributed by atoms with Crippen molar-refractivity contribution in [2.45, 2.75) is 36.2 Å². The van der Waals surface area contributed by atoms with Gasteiger partial charge in [0.15, 0.2) is 11.0 Å². The van der Waals surface area contributed by atoms with Crippen LogP contribution in [0, 0.1) is 0 Å². The van der Waals surface area contributed by atoms with Gasteiger partial charge in [0.2, 0.25) is 5.91 Å². The van der Waals surface area contributed by atoms with Crippen LogP contribution in [0.1, 0.15) is 25.8 Å². The SMILES string of the molecule is C[C@H](Sc1nnc(-c2ccncc2)n1C1CC1)C(=O)Nc1ccc2ccccc2c1. The summed E-state index contributed by atoms with van der Waals surface area (Å²) >= 11 is 1.45. The van der Waals surface area contributed by atoms with Crippen LogP contribution in [0.2, 0.25) is 0 Å². The summed E-state index contributed by atoms with van der Waals surface area (Å²) in [5, 5.41) is 14.6. The first-order valence-electron chi connectivity index (χ1n) is 10.0.